The lowest BCUT2D eigenvalue weighted by Gasteiger charge is -2.64. The van der Waals surface area contributed by atoms with Crippen molar-refractivity contribution in [3.63, 3.8) is 0 Å². The first-order chi connectivity index (χ1) is 20.1. The molecule has 0 radical (unpaired) electrons. The Hall–Kier alpha value is -2.98. The maximum Gasteiger partial charge on any atom is 0.573 e. The summed E-state index contributed by atoms with van der Waals surface area (Å²) in [6, 6.07) is 9.15. The molecule has 10 heteroatoms. The van der Waals surface area contributed by atoms with Crippen LogP contribution < -0.4 is 9.47 Å². The third-order valence-corrected chi connectivity index (χ3v) is 11.1. The van der Waals surface area contributed by atoms with Gasteiger partial charge in [-0.25, -0.2) is 0 Å². The number of hydrogen-bond donors (Lipinski definition) is 2. The third kappa shape index (κ3) is 3.83. The first-order valence-corrected chi connectivity index (χ1v) is 15.2. The van der Waals surface area contributed by atoms with E-state index in [4.69, 9.17) is 4.74 Å². The van der Waals surface area contributed by atoms with Crippen molar-refractivity contribution >= 4 is 5.91 Å². The van der Waals surface area contributed by atoms with Gasteiger partial charge in [-0.05, 0) is 93.2 Å². The first kappa shape index (κ1) is 26.6. The standard InChI is InChI=1S/C32H35F3N2O5/c33-32(34,35)42-22-6-3-18(4-7-22)15-21-10-13-37(29(21)39)23-9-11-31(40)25-16-20-5-8-24(38)27-26(20)30(31,28(23)41-27)12-14-36(25)17-19-1-2-19/h3-8,19,21,23,25,28,38,40H,1-2,9-17H2/t21?,23-,25-,28-,30-,31+/m0/s1. The zero-order valence-electron chi connectivity index (χ0n) is 23.3. The Morgan fingerprint density at radius 3 is 2.55 bits per heavy atom. The molecule has 3 aliphatic carbocycles. The number of carbonyl (C=O) groups is 1. The SMILES string of the molecule is O=C1C(Cc2ccc(OC(F)(F)F)cc2)CCN1[C@H]1CC[C@@]2(O)[C@@H]3Cc4ccc(O)c5c4[C@@]2(CCN3CC2CC2)[C@H]1O5. The molecule has 7 nitrogen and oxygen atoms in total. The van der Waals surface area contributed by atoms with Crippen molar-refractivity contribution in [1.29, 1.82) is 0 Å². The van der Waals surface area contributed by atoms with Crippen LogP contribution in [0.1, 0.15) is 55.2 Å². The fraction of sp³-hybridized carbons (Fsp3) is 0.594. The number of carbonyl (C=O) groups excluding carboxylic acids is 1. The van der Waals surface area contributed by atoms with Crippen LogP contribution in [0, 0.1) is 11.8 Å². The van der Waals surface area contributed by atoms with E-state index in [1.54, 1.807) is 18.2 Å². The summed E-state index contributed by atoms with van der Waals surface area (Å²) in [7, 11) is 0. The molecule has 42 heavy (non-hydrogen) atoms. The number of nitrogens with zero attached hydrogens (tertiary/aromatic N) is 2. The Morgan fingerprint density at radius 1 is 1.02 bits per heavy atom. The van der Waals surface area contributed by atoms with Gasteiger partial charge < -0.3 is 24.6 Å². The highest BCUT2D eigenvalue weighted by atomic mass is 19.4. The molecule has 1 amide bonds. The second kappa shape index (κ2) is 9.02. The van der Waals surface area contributed by atoms with Crippen molar-refractivity contribution in [2.75, 3.05) is 19.6 Å². The summed E-state index contributed by atoms with van der Waals surface area (Å²) in [5, 5.41) is 23.6. The predicted octanol–water partition coefficient (Wildman–Crippen LogP) is 4.31. The van der Waals surface area contributed by atoms with Crippen molar-refractivity contribution in [2.24, 2.45) is 11.8 Å². The van der Waals surface area contributed by atoms with Gasteiger partial charge in [0.25, 0.3) is 0 Å². The highest BCUT2D eigenvalue weighted by molar-refractivity contribution is 5.82. The van der Waals surface area contributed by atoms with Crippen molar-refractivity contribution in [2.45, 2.75) is 86.9 Å². The summed E-state index contributed by atoms with van der Waals surface area (Å²) in [4.78, 5) is 18.3. The van der Waals surface area contributed by atoms with Crippen molar-refractivity contribution in [1.82, 2.24) is 9.80 Å². The number of alkyl halides is 3. The van der Waals surface area contributed by atoms with E-state index >= 15 is 0 Å². The van der Waals surface area contributed by atoms with Crippen molar-refractivity contribution in [3.8, 4) is 17.2 Å². The number of piperidine rings is 1. The van der Waals surface area contributed by atoms with Crippen LogP contribution in [-0.2, 0) is 23.1 Å². The fourth-order valence-electron chi connectivity index (χ4n) is 9.17. The molecular weight excluding hydrogens is 549 g/mol. The van der Waals surface area contributed by atoms with E-state index in [9.17, 15) is 28.2 Å². The summed E-state index contributed by atoms with van der Waals surface area (Å²) >= 11 is 0. The van der Waals surface area contributed by atoms with Gasteiger partial charge in [0, 0.05) is 30.6 Å². The van der Waals surface area contributed by atoms with Gasteiger partial charge in [0.15, 0.2) is 11.5 Å². The number of aromatic hydroxyl groups is 1. The molecule has 2 N–H and O–H groups in total. The molecule has 4 fully saturated rings. The van der Waals surface area contributed by atoms with Crippen LogP contribution >= 0.6 is 0 Å². The smallest absolute Gasteiger partial charge is 0.504 e. The largest absolute Gasteiger partial charge is 0.573 e. The van der Waals surface area contributed by atoms with Crippen LogP contribution in [0.25, 0.3) is 0 Å². The number of rotatable bonds is 6. The zero-order chi connectivity index (χ0) is 29.0. The van der Waals surface area contributed by atoms with Gasteiger partial charge >= 0.3 is 6.36 Å². The maximum atomic E-state index is 13.9. The van der Waals surface area contributed by atoms with Crippen LogP contribution in [-0.4, -0.2) is 75.7 Å². The molecule has 2 aromatic carbocycles. The first-order valence-electron chi connectivity index (χ1n) is 15.2. The van der Waals surface area contributed by atoms with Crippen LogP contribution in [0.2, 0.25) is 0 Å². The molecule has 3 aliphatic heterocycles. The van der Waals surface area contributed by atoms with Crippen molar-refractivity contribution in [3.05, 3.63) is 53.1 Å². The van der Waals surface area contributed by atoms with Crippen LogP contribution in [0.3, 0.4) is 0 Å². The number of aliphatic hydroxyl groups is 1. The van der Waals surface area contributed by atoms with Gasteiger partial charge in [0.2, 0.25) is 5.91 Å². The van der Waals surface area contributed by atoms with Gasteiger partial charge in [-0.3, -0.25) is 9.69 Å². The fourth-order valence-corrected chi connectivity index (χ4v) is 9.17. The van der Waals surface area contributed by atoms with Crippen molar-refractivity contribution < 1.29 is 37.7 Å². The summed E-state index contributed by atoms with van der Waals surface area (Å²) < 4.78 is 48.3. The number of ether oxygens (including phenoxy) is 2. The Labute approximate surface area is 242 Å². The lowest BCUT2D eigenvalue weighted by atomic mass is 9.48. The molecular formula is C32H35F3N2O5. The minimum Gasteiger partial charge on any atom is -0.504 e. The summed E-state index contributed by atoms with van der Waals surface area (Å²) in [5.41, 5.74) is 1.17. The second-order valence-corrected chi connectivity index (χ2v) is 13.3. The Bertz CT molecular complexity index is 1430. The number of amides is 1. The van der Waals surface area contributed by atoms with Crippen LogP contribution in [0.4, 0.5) is 13.2 Å². The lowest BCUT2D eigenvalue weighted by molar-refractivity contribution is -0.274. The van der Waals surface area contributed by atoms with E-state index in [0.717, 1.165) is 42.6 Å². The third-order valence-electron chi connectivity index (χ3n) is 11.1. The zero-order valence-corrected chi connectivity index (χ0v) is 23.3. The van der Waals surface area contributed by atoms with Gasteiger partial charge in [0.05, 0.1) is 17.1 Å². The molecule has 224 valence electrons. The predicted molar refractivity (Wildman–Crippen MR) is 145 cm³/mol. The topological polar surface area (TPSA) is 82.5 Å². The number of likely N-dealkylation sites (tertiary alicyclic amines) is 2. The van der Waals surface area contributed by atoms with E-state index in [-0.39, 0.29) is 35.4 Å². The van der Waals surface area contributed by atoms with E-state index < -0.39 is 23.5 Å². The minimum absolute atomic E-state index is 0.0139. The van der Waals surface area contributed by atoms with Crippen LogP contribution in [0.15, 0.2) is 36.4 Å². The number of hydrogen-bond acceptors (Lipinski definition) is 6. The molecule has 1 unspecified atom stereocenters. The molecule has 0 aromatic heterocycles. The molecule has 3 heterocycles. The Morgan fingerprint density at radius 2 is 1.81 bits per heavy atom. The molecule has 6 atom stereocenters. The minimum atomic E-state index is -4.75. The van der Waals surface area contributed by atoms with E-state index in [1.807, 2.05) is 11.0 Å². The average Bonchev–Trinajstić information content (AvgIpc) is 3.59. The molecule has 2 saturated carbocycles. The average molecular weight is 585 g/mol. The molecule has 6 aliphatic rings. The Kier molecular flexibility index (Phi) is 5.72. The van der Waals surface area contributed by atoms with Gasteiger partial charge in [-0.15, -0.1) is 13.2 Å². The Balaban J connectivity index is 1.07. The molecule has 2 bridgehead atoms. The highest BCUT2D eigenvalue weighted by Gasteiger charge is 2.73. The van der Waals surface area contributed by atoms with E-state index in [0.29, 0.717) is 43.9 Å². The maximum absolute atomic E-state index is 13.9. The number of phenols is 1. The number of benzene rings is 2. The normalized spacial score (nSPS) is 35.2. The van der Waals surface area contributed by atoms with Gasteiger partial charge in [-0.2, -0.15) is 0 Å². The summed E-state index contributed by atoms with van der Waals surface area (Å²) in [5.74, 6) is 0.709. The highest BCUT2D eigenvalue weighted by Crippen LogP contribution is 2.66. The van der Waals surface area contributed by atoms with Gasteiger partial charge in [-0.1, -0.05) is 18.2 Å². The molecule has 1 spiro atoms. The molecule has 2 aromatic rings. The quantitative estimate of drug-likeness (QED) is 0.527. The number of halogens is 3. The van der Waals surface area contributed by atoms with Gasteiger partial charge in [0.1, 0.15) is 11.9 Å². The second-order valence-electron chi connectivity index (χ2n) is 13.3. The molecule has 8 rings (SSSR count). The monoisotopic (exact) mass is 584 g/mol. The van der Waals surface area contributed by atoms with E-state index in [1.165, 1.54) is 25.0 Å². The number of phenolic OH excluding ortho intramolecular Hbond substituents is 1. The molecule has 2 saturated heterocycles. The lowest BCUT2D eigenvalue weighted by Crippen LogP contribution is -2.78. The summed E-state index contributed by atoms with van der Waals surface area (Å²) in [6.45, 7) is 2.42. The summed E-state index contributed by atoms with van der Waals surface area (Å²) in [6.07, 6.45) is 0.986. The van der Waals surface area contributed by atoms with E-state index in [2.05, 4.69) is 9.64 Å². The van der Waals surface area contributed by atoms with Crippen LogP contribution in [0.5, 0.6) is 17.2 Å².